The molecule has 0 aromatic carbocycles. The van der Waals surface area contributed by atoms with Crippen LogP contribution in [0.25, 0.3) is 0 Å². The Morgan fingerprint density at radius 2 is 1.96 bits per heavy atom. The molecule has 0 heterocycles. The summed E-state index contributed by atoms with van der Waals surface area (Å²) in [5, 5.41) is 30.5. The van der Waals surface area contributed by atoms with Crippen molar-refractivity contribution in [1.82, 2.24) is 5.32 Å². The van der Waals surface area contributed by atoms with E-state index in [2.05, 4.69) is 5.32 Å². The first-order valence-electron chi connectivity index (χ1n) is 9.13. The van der Waals surface area contributed by atoms with E-state index in [1.54, 1.807) is 0 Å². The first-order chi connectivity index (χ1) is 11.5. The molecule has 1 rings (SSSR count). The number of hydrogen-bond acceptors (Lipinski definition) is 5. The van der Waals surface area contributed by atoms with E-state index in [9.17, 15) is 14.7 Å². The van der Waals surface area contributed by atoms with Crippen LogP contribution in [0.1, 0.15) is 65.7 Å². The van der Waals surface area contributed by atoms with Gasteiger partial charge in [-0.25, -0.2) is 0 Å². The summed E-state index contributed by atoms with van der Waals surface area (Å²) < 4.78 is 0. The van der Waals surface area contributed by atoms with Crippen LogP contribution in [0.5, 0.6) is 0 Å². The van der Waals surface area contributed by atoms with Gasteiger partial charge >= 0.3 is 13.1 Å². The molecule has 0 aliphatic heterocycles. The number of carbonyl (C=O) groups excluding carboxylic acids is 1. The number of hydrogen-bond donors (Lipinski definition) is 5. The highest BCUT2D eigenvalue weighted by molar-refractivity contribution is 6.40. The third kappa shape index (κ3) is 6.60. The zero-order valence-corrected chi connectivity index (χ0v) is 15.6. The third-order valence-electron chi connectivity index (χ3n) is 5.23. The maximum Gasteiger partial charge on any atom is 0.451 e. The number of rotatable bonds is 8. The zero-order valence-electron chi connectivity index (χ0n) is 15.6. The van der Waals surface area contributed by atoms with Gasteiger partial charge in [0, 0.05) is 6.04 Å². The van der Waals surface area contributed by atoms with E-state index in [-0.39, 0.29) is 23.7 Å². The Morgan fingerprint density at radius 1 is 1.32 bits per heavy atom. The molecule has 0 radical (unpaired) electrons. The van der Waals surface area contributed by atoms with Crippen LogP contribution < -0.4 is 11.1 Å². The Balaban J connectivity index is 2.67. The van der Waals surface area contributed by atoms with Crippen molar-refractivity contribution in [3.8, 4) is 0 Å². The summed E-state index contributed by atoms with van der Waals surface area (Å²) in [6.07, 6.45) is 4.39. The molecule has 0 saturated heterocycles. The molecule has 25 heavy (non-hydrogen) atoms. The van der Waals surface area contributed by atoms with E-state index in [1.807, 2.05) is 20.8 Å². The first kappa shape index (κ1) is 21.9. The predicted octanol–water partition coefficient (Wildman–Crippen LogP) is 1.13. The van der Waals surface area contributed by atoms with Crippen molar-refractivity contribution in [3.63, 3.8) is 0 Å². The van der Waals surface area contributed by atoms with E-state index < -0.39 is 24.5 Å². The molecular formula is C17H33BN2O5. The minimum absolute atomic E-state index is 0.186. The number of carboxylic acids is 1. The summed E-state index contributed by atoms with van der Waals surface area (Å²) in [5.74, 6) is -1.07. The van der Waals surface area contributed by atoms with E-state index in [0.717, 1.165) is 12.8 Å². The molecule has 0 aromatic heterocycles. The van der Waals surface area contributed by atoms with Crippen LogP contribution in [0.3, 0.4) is 0 Å². The zero-order chi connectivity index (χ0) is 19.3. The lowest BCUT2D eigenvalue weighted by Crippen LogP contribution is -2.53. The first-order valence-corrected chi connectivity index (χ1v) is 9.13. The van der Waals surface area contributed by atoms with Crippen LogP contribution in [0.4, 0.5) is 0 Å². The smallest absolute Gasteiger partial charge is 0.451 e. The number of unbranched alkanes of at least 4 members (excludes halogenated alkanes) is 1. The fourth-order valence-corrected chi connectivity index (χ4v) is 3.49. The van der Waals surface area contributed by atoms with Gasteiger partial charge < -0.3 is 26.2 Å². The van der Waals surface area contributed by atoms with Crippen molar-refractivity contribution in [2.75, 3.05) is 0 Å². The van der Waals surface area contributed by atoms with Gasteiger partial charge in [0.05, 0.1) is 11.5 Å². The Hall–Kier alpha value is -1.12. The molecule has 1 fully saturated rings. The van der Waals surface area contributed by atoms with Crippen LogP contribution in [-0.2, 0) is 9.59 Å². The Labute approximate surface area is 150 Å². The average molecular weight is 356 g/mol. The van der Waals surface area contributed by atoms with Crippen molar-refractivity contribution < 1.29 is 24.7 Å². The lowest BCUT2D eigenvalue weighted by molar-refractivity contribution is -0.152. The van der Waals surface area contributed by atoms with E-state index >= 15 is 0 Å². The van der Waals surface area contributed by atoms with Crippen LogP contribution in [0.2, 0.25) is 6.32 Å². The van der Waals surface area contributed by atoms with Gasteiger partial charge in [0.25, 0.3) is 0 Å². The molecule has 1 aliphatic carbocycles. The summed E-state index contributed by atoms with van der Waals surface area (Å²) in [7, 11) is -1.35. The van der Waals surface area contributed by atoms with Crippen molar-refractivity contribution in [1.29, 1.82) is 0 Å². The number of amides is 1. The quantitative estimate of drug-likeness (QED) is 0.327. The fourth-order valence-electron chi connectivity index (χ4n) is 3.49. The molecule has 0 unspecified atom stereocenters. The van der Waals surface area contributed by atoms with Crippen molar-refractivity contribution in [2.24, 2.45) is 16.6 Å². The van der Waals surface area contributed by atoms with Gasteiger partial charge in [0.15, 0.2) is 0 Å². The maximum atomic E-state index is 12.3. The predicted molar refractivity (Wildman–Crippen MR) is 96.7 cm³/mol. The second-order valence-electron chi connectivity index (χ2n) is 8.46. The molecule has 0 aromatic rings. The molecule has 144 valence electrons. The molecule has 1 amide bonds. The Kier molecular flexibility index (Phi) is 7.90. The van der Waals surface area contributed by atoms with Crippen molar-refractivity contribution in [2.45, 2.75) is 84.1 Å². The molecule has 1 saturated carbocycles. The fraction of sp³-hybridized carbons (Fsp3) is 0.882. The summed E-state index contributed by atoms with van der Waals surface area (Å²) >= 11 is 0. The van der Waals surface area contributed by atoms with Crippen LogP contribution in [-0.4, -0.2) is 46.2 Å². The normalized spacial score (nSPS) is 25.3. The highest BCUT2D eigenvalue weighted by atomic mass is 16.4. The van der Waals surface area contributed by atoms with Crippen molar-refractivity contribution >= 4 is 19.0 Å². The Morgan fingerprint density at radius 3 is 2.48 bits per heavy atom. The maximum absolute atomic E-state index is 12.3. The van der Waals surface area contributed by atoms with Crippen LogP contribution in [0.15, 0.2) is 0 Å². The number of nitrogens with one attached hydrogen (secondary N) is 1. The summed E-state index contributed by atoms with van der Waals surface area (Å²) in [5.41, 5.74) is 4.78. The molecular weight excluding hydrogens is 323 g/mol. The molecule has 1 aliphatic rings. The largest absolute Gasteiger partial charge is 0.481 e. The molecule has 7 nitrogen and oxygen atoms in total. The number of aliphatic carboxylic acids is 1. The lowest BCUT2D eigenvalue weighted by atomic mass is 9.68. The molecule has 3 atom stereocenters. The van der Waals surface area contributed by atoms with Gasteiger partial charge in [-0.05, 0) is 37.4 Å². The summed E-state index contributed by atoms with van der Waals surface area (Å²) in [4.78, 5) is 24.2. The van der Waals surface area contributed by atoms with Gasteiger partial charge in [0.1, 0.15) is 0 Å². The topological polar surface area (TPSA) is 133 Å². The van der Waals surface area contributed by atoms with Crippen LogP contribution in [0, 0.1) is 10.8 Å². The minimum atomic E-state index is -1.35. The highest BCUT2D eigenvalue weighted by Crippen LogP contribution is 2.41. The second-order valence-corrected chi connectivity index (χ2v) is 8.46. The lowest BCUT2D eigenvalue weighted by Gasteiger charge is -2.39. The van der Waals surface area contributed by atoms with Gasteiger partial charge in [-0.15, -0.1) is 0 Å². The standard InChI is InChI=1S/C17H33BN2O5/c1-16(2,3)13(19)14(21)20-12-7-6-9-17(11-12,15(22)23)8-4-5-10-18(24)25/h12-13,24-25H,4-11,19H2,1-3H3,(H,20,21)(H,22,23)/t12-,13+,17+/m0/s1. The highest BCUT2D eigenvalue weighted by Gasteiger charge is 2.43. The summed E-state index contributed by atoms with van der Waals surface area (Å²) in [6, 6.07) is -0.825. The number of carbonyl (C=O) groups is 2. The van der Waals surface area contributed by atoms with Gasteiger partial charge in [0.2, 0.25) is 5.91 Å². The summed E-state index contributed by atoms with van der Waals surface area (Å²) in [6.45, 7) is 5.69. The van der Waals surface area contributed by atoms with Crippen molar-refractivity contribution in [3.05, 3.63) is 0 Å². The molecule has 0 spiro atoms. The molecule has 8 heteroatoms. The minimum Gasteiger partial charge on any atom is -0.481 e. The van der Waals surface area contributed by atoms with Gasteiger partial charge in [-0.1, -0.05) is 40.0 Å². The van der Waals surface area contributed by atoms with E-state index in [0.29, 0.717) is 32.1 Å². The Bertz CT molecular complexity index is 466. The van der Waals surface area contributed by atoms with Gasteiger partial charge in [-0.3, -0.25) is 9.59 Å². The second kappa shape index (κ2) is 9.01. The third-order valence-corrected chi connectivity index (χ3v) is 5.23. The molecule has 0 bridgehead atoms. The SMILES string of the molecule is CC(C)(C)[C@H](N)C(=O)N[C@H]1CCC[C@@](CCCCB(O)O)(C(=O)O)C1. The monoisotopic (exact) mass is 356 g/mol. The van der Waals surface area contributed by atoms with E-state index in [4.69, 9.17) is 15.8 Å². The molecule has 6 N–H and O–H groups in total. The van der Waals surface area contributed by atoms with Gasteiger partial charge in [-0.2, -0.15) is 0 Å². The average Bonchev–Trinajstić information content (AvgIpc) is 2.50. The van der Waals surface area contributed by atoms with Crippen LogP contribution >= 0.6 is 0 Å². The van der Waals surface area contributed by atoms with E-state index in [1.165, 1.54) is 0 Å². The number of nitrogens with two attached hydrogens (primary N) is 1. The number of carboxylic acid groups (broad SMARTS) is 1.